The van der Waals surface area contributed by atoms with E-state index in [2.05, 4.69) is 4.98 Å². The van der Waals surface area contributed by atoms with Gasteiger partial charge in [-0.3, -0.25) is 4.98 Å². The van der Waals surface area contributed by atoms with Crippen LogP contribution in [-0.2, 0) is 6.18 Å². The highest BCUT2D eigenvalue weighted by Crippen LogP contribution is 2.41. The number of carboxylic acid groups (broad SMARTS) is 1. The Labute approximate surface area is 151 Å². The Morgan fingerprint density at radius 1 is 1.04 bits per heavy atom. The predicted molar refractivity (Wildman–Crippen MR) is 93.1 cm³/mol. The Hall–Kier alpha value is -3.55. The van der Waals surface area contributed by atoms with E-state index in [0.717, 1.165) is 18.3 Å². The molecule has 1 heterocycles. The van der Waals surface area contributed by atoms with Crippen LogP contribution in [0.15, 0.2) is 54.7 Å². The van der Waals surface area contributed by atoms with Crippen molar-refractivity contribution in [2.24, 2.45) is 0 Å². The zero-order valence-electron chi connectivity index (χ0n) is 13.7. The van der Waals surface area contributed by atoms with Gasteiger partial charge in [0.25, 0.3) is 0 Å². The molecule has 0 bridgehead atoms. The van der Waals surface area contributed by atoms with Crippen molar-refractivity contribution >= 4 is 11.7 Å². The third kappa shape index (κ3) is 3.55. The molecule has 27 heavy (non-hydrogen) atoms. The number of carboxylic acids is 1. The largest absolute Gasteiger partial charge is 0.505 e. The first-order valence-corrected chi connectivity index (χ1v) is 7.67. The van der Waals surface area contributed by atoms with Gasteiger partial charge in [-0.05, 0) is 23.8 Å². The van der Waals surface area contributed by atoms with Crippen LogP contribution in [-0.4, -0.2) is 21.2 Å². The van der Waals surface area contributed by atoms with E-state index in [4.69, 9.17) is 10.8 Å². The van der Waals surface area contributed by atoms with Gasteiger partial charge in [0, 0.05) is 16.8 Å². The van der Waals surface area contributed by atoms with Gasteiger partial charge in [-0.25, -0.2) is 4.79 Å². The van der Waals surface area contributed by atoms with Crippen molar-refractivity contribution in [3.8, 4) is 28.1 Å². The molecule has 0 amide bonds. The zero-order valence-corrected chi connectivity index (χ0v) is 13.7. The molecule has 138 valence electrons. The second-order valence-corrected chi connectivity index (χ2v) is 5.74. The normalized spacial score (nSPS) is 11.4. The van der Waals surface area contributed by atoms with E-state index in [1.165, 1.54) is 24.3 Å². The van der Waals surface area contributed by atoms with Crippen LogP contribution < -0.4 is 5.73 Å². The lowest BCUT2D eigenvalue weighted by molar-refractivity contribution is -0.137. The molecule has 0 saturated heterocycles. The first kappa shape index (κ1) is 18.2. The Kier molecular flexibility index (Phi) is 4.49. The Morgan fingerprint density at radius 2 is 1.74 bits per heavy atom. The van der Waals surface area contributed by atoms with Gasteiger partial charge in [0.1, 0.15) is 11.3 Å². The number of alkyl halides is 3. The summed E-state index contributed by atoms with van der Waals surface area (Å²) in [6.07, 6.45) is -3.78. The molecule has 0 spiro atoms. The van der Waals surface area contributed by atoms with Gasteiger partial charge in [0.05, 0.1) is 17.5 Å². The van der Waals surface area contributed by atoms with E-state index >= 15 is 0 Å². The van der Waals surface area contributed by atoms with Crippen LogP contribution in [0, 0.1) is 0 Å². The van der Waals surface area contributed by atoms with Gasteiger partial charge in [0.2, 0.25) is 0 Å². The number of anilines is 1. The van der Waals surface area contributed by atoms with Crippen LogP contribution in [0.5, 0.6) is 5.75 Å². The average Bonchev–Trinajstić information content (AvgIpc) is 2.61. The molecule has 0 atom stereocenters. The number of carbonyl (C=O) groups is 1. The number of nitrogens with two attached hydrogens (primary N) is 1. The Balaban J connectivity index is 2.20. The summed E-state index contributed by atoms with van der Waals surface area (Å²) in [7, 11) is 0. The highest BCUT2D eigenvalue weighted by atomic mass is 19.4. The summed E-state index contributed by atoms with van der Waals surface area (Å²) in [4.78, 5) is 15.0. The molecule has 8 heteroatoms. The predicted octanol–water partition coefficient (Wildman–Crippen LogP) is 4.42. The Morgan fingerprint density at radius 3 is 2.37 bits per heavy atom. The van der Waals surface area contributed by atoms with E-state index < -0.39 is 29.0 Å². The molecular weight excluding hydrogens is 361 g/mol. The third-order valence-corrected chi connectivity index (χ3v) is 3.99. The summed E-state index contributed by atoms with van der Waals surface area (Å²) in [5.74, 6) is -1.99. The molecular formula is C19H13F3N2O3. The fraction of sp³-hybridized carbons (Fsp3) is 0.0526. The molecule has 1 aromatic heterocycles. The number of benzene rings is 2. The second-order valence-electron chi connectivity index (χ2n) is 5.74. The van der Waals surface area contributed by atoms with Gasteiger partial charge in [0.15, 0.2) is 0 Å². The van der Waals surface area contributed by atoms with Crippen molar-refractivity contribution in [2.45, 2.75) is 6.18 Å². The molecule has 0 saturated carbocycles. The van der Waals surface area contributed by atoms with E-state index in [1.807, 2.05) is 0 Å². The van der Waals surface area contributed by atoms with Crippen LogP contribution in [0.1, 0.15) is 15.9 Å². The fourth-order valence-corrected chi connectivity index (χ4v) is 2.69. The van der Waals surface area contributed by atoms with Crippen LogP contribution in [0.2, 0.25) is 0 Å². The lowest BCUT2D eigenvalue weighted by Gasteiger charge is -2.16. The van der Waals surface area contributed by atoms with Crippen LogP contribution in [0.25, 0.3) is 22.4 Å². The molecule has 0 radical (unpaired) electrons. The number of rotatable bonds is 3. The number of aromatic hydroxyl groups is 1. The third-order valence-electron chi connectivity index (χ3n) is 3.99. The first-order valence-electron chi connectivity index (χ1n) is 7.67. The number of hydrogen-bond donors (Lipinski definition) is 3. The maximum Gasteiger partial charge on any atom is 0.417 e. The summed E-state index contributed by atoms with van der Waals surface area (Å²) >= 11 is 0. The standard InChI is InChI=1S/C19H13F3N2O3/c20-19(21,22)14-7-10(16-8-13(18(26)27)17(25)9-24-16)5-6-11(14)12-3-1-2-4-15(12)23/h1-9,25H,23H2,(H,26,27). The number of aromatic nitrogens is 1. The molecule has 2 aromatic carbocycles. The quantitative estimate of drug-likeness (QED) is 0.590. The minimum Gasteiger partial charge on any atom is -0.505 e. The summed E-state index contributed by atoms with van der Waals surface area (Å²) in [5.41, 5.74) is 4.82. The van der Waals surface area contributed by atoms with Crippen molar-refractivity contribution in [3.63, 3.8) is 0 Å². The fourth-order valence-electron chi connectivity index (χ4n) is 2.69. The smallest absolute Gasteiger partial charge is 0.417 e. The monoisotopic (exact) mass is 374 g/mol. The molecule has 0 fully saturated rings. The highest BCUT2D eigenvalue weighted by molar-refractivity contribution is 5.92. The molecule has 5 nitrogen and oxygen atoms in total. The molecule has 4 N–H and O–H groups in total. The maximum atomic E-state index is 13.6. The SMILES string of the molecule is Nc1ccccc1-c1ccc(-c2cc(C(=O)O)c(O)cn2)cc1C(F)(F)F. The van der Waals surface area contributed by atoms with Crippen LogP contribution in [0.4, 0.5) is 18.9 Å². The van der Waals surface area contributed by atoms with Crippen molar-refractivity contribution in [1.82, 2.24) is 4.98 Å². The number of para-hydroxylation sites is 1. The topological polar surface area (TPSA) is 96.4 Å². The van der Waals surface area contributed by atoms with Gasteiger partial charge in [-0.1, -0.05) is 30.3 Å². The second kappa shape index (κ2) is 6.64. The van der Waals surface area contributed by atoms with Gasteiger partial charge < -0.3 is 15.9 Å². The van der Waals surface area contributed by atoms with Crippen LogP contribution >= 0.6 is 0 Å². The van der Waals surface area contributed by atoms with E-state index in [9.17, 15) is 23.1 Å². The minimum atomic E-state index is -4.67. The average molecular weight is 374 g/mol. The van der Waals surface area contributed by atoms with E-state index in [-0.39, 0.29) is 28.1 Å². The number of aromatic carboxylic acids is 1. The summed E-state index contributed by atoms with van der Waals surface area (Å²) < 4.78 is 40.9. The van der Waals surface area contributed by atoms with Gasteiger partial charge in [-0.2, -0.15) is 13.2 Å². The van der Waals surface area contributed by atoms with E-state index in [0.29, 0.717) is 0 Å². The number of hydrogen-bond acceptors (Lipinski definition) is 4. The zero-order chi connectivity index (χ0) is 19.8. The minimum absolute atomic E-state index is 0.0108. The molecule has 3 aromatic rings. The number of halogens is 3. The van der Waals surface area contributed by atoms with Crippen molar-refractivity contribution in [3.05, 3.63) is 65.9 Å². The van der Waals surface area contributed by atoms with Crippen molar-refractivity contribution in [2.75, 3.05) is 5.73 Å². The molecule has 3 rings (SSSR count). The van der Waals surface area contributed by atoms with Crippen molar-refractivity contribution in [1.29, 1.82) is 0 Å². The van der Waals surface area contributed by atoms with Crippen molar-refractivity contribution < 1.29 is 28.2 Å². The summed E-state index contributed by atoms with van der Waals surface area (Å²) in [5, 5.41) is 18.6. The molecule has 0 aliphatic carbocycles. The van der Waals surface area contributed by atoms with E-state index in [1.54, 1.807) is 12.1 Å². The summed E-state index contributed by atoms with van der Waals surface area (Å²) in [6, 6.07) is 10.7. The lowest BCUT2D eigenvalue weighted by atomic mass is 9.94. The lowest BCUT2D eigenvalue weighted by Crippen LogP contribution is -2.08. The molecule has 0 aliphatic rings. The highest BCUT2D eigenvalue weighted by Gasteiger charge is 2.34. The Bertz CT molecular complexity index is 1030. The summed E-state index contributed by atoms with van der Waals surface area (Å²) in [6.45, 7) is 0. The number of nitrogen functional groups attached to an aromatic ring is 1. The van der Waals surface area contributed by atoms with Gasteiger partial charge >= 0.3 is 12.1 Å². The van der Waals surface area contributed by atoms with Gasteiger partial charge in [-0.15, -0.1) is 0 Å². The molecule has 0 unspecified atom stereocenters. The number of nitrogens with zero attached hydrogens (tertiary/aromatic N) is 1. The number of pyridine rings is 1. The molecule has 0 aliphatic heterocycles. The van der Waals surface area contributed by atoms with Crippen LogP contribution in [0.3, 0.4) is 0 Å². The maximum absolute atomic E-state index is 13.6. The first-order chi connectivity index (χ1) is 12.7.